The third-order valence-electron chi connectivity index (χ3n) is 4.03. The Morgan fingerprint density at radius 2 is 1.76 bits per heavy atom. The first kappa shape index (κ1) is 13.6. The van der Waals surface area contributed by atoms with Gasteiger partial charge in [0.15, 0.2) is 0 Å². The Balaban J connectivity index is 1.82. The molecular formula is C17H17NO3. The Hall–Kier alpha value is -2.33. The minimum absolute atomic E-state index is 0.0454. The molecule has 4 nitrogen and oxygen atoms in total. The third kappa shape index (κ3) is 2.38. The Morgan fingerprint density at radius 1 is 1.10 bits per heavy atom. The summed E-state index contributed by atoms with van der Waals surface area (Å²) in [5.74, 6) is 0.110. The van der Waals surface area contributed by atoms with Gasteiger partial charge in [-0.05, 0) is 36.2 Å². The number of carbonyl (C=O) groups excluding carboxylic acids is 1. The fourth-order valence-corrected chi connectivity index (χ4v) is 2.73. The number of fused-ring (bicyclic) bond motifs is 1. The minimum atomic E-state index is -0.788. The summed E-state index contributed by atoms with van der Waals surface area (Å²) in [6.45, 7) is 2.35. The van der Waals surface area contributed by atoms with Crippen LogP contribution >= 0.6 is 0 Å². The number of phenolic OH excluding ortho intramolecular Hbond substituents is 1. The zero-order chi connectivity index (χ0) is 15.0. The second kappa shape index (κ2) is 5.22. The van der Waals surface area contributed by atoms with Gasteiger partial charge < -0.3 is 15.1 Å². The molecule has 2 aromatic carbocycles. The molecular weight excluding hydrogens is 266 g/mol. The molecule has 1 amide bonds. The molecule has 1 heterocycles. The third-order valence-corrected chi connectivity index (χ3v) is 4.03. The first-order valence-electron chi connectivity index (χ1n) is 6.94. The van der Waals surface area contributed by atoms with E-state index in [1.165, 1.54) is 12.1 Å². The molecule has 0 saturated heterocycles. The molecule has 2 N–H and O–H groups in total. The van der Waals surface area contributed by atoms with E-state index in [0.717, 1.165) is 5.56 Å². The van der Waals surface area contributed by atoms with Crippen molar-refractivity contribution in [2.45, 2.75) is 25.6 Å². The normalized spacial score (nSPS) is 16.7. The van der Waals surface area contributed by atoms with Gasteiger partial charge in [-0.3, -0.25) is 4.79 Å². The predicted octanol–water partition coefficient (Wildman–Crippen LogP) is 2.47. The van der Waals surface area contributed by atoms with Crippen LogP contribution in [-0.2, 0) is 6.54 Å². The zero-order valence-corrected chi connectivity index (χ0v) is 11.7. The first-order valence-corrected chi connectivity index (χ1v) is 6.94. The number of aromatic hydroxyl groups is 1. The van der Waals surface area contributed by atoms with Crippen LogP contribution < -0.4 is 0 Å². The number of amides is 1. The molecule has 0 radical (unpaired) electrons. The molecule has 3 rings (SSSR count). The van der Waals surface area contributed by atoms with Crippen LogP contribution in [0.1, 0.15) is 34.5 Å². The highest BCUT2D eigenvalue weighted by Gasteiger charge is 2.33. The lowest BCUT2D eigenvalue weighted by Crippen LogP contribution is -2.37. The van der Waals surface area contributed by atoms with Gasteiger partial charge in [0.2, 0.25) is 0 Å². The van der Waals surface area contributed by atoms with Gasteiger partial charge in [-0.25, -0.2) is 0 Å². The Bertz CT molecular complexity index is 666. The Morgan fingerprint density at radius 3 is 2.43 bits per heavy atom. The number of aliphatic hydroxyl groups excluding tert-OH is 1. The lowest BCUT2D eigenvalue weighted by atomic mass is 10.0. The van der Waals surface area contributed by atoms with Crippen molar-refractivity contribution in [3.8, 4) is 5.75 Å². The summed E-state index contributed by atoms with van der Waals surface area (Å²) in [4.78, 5) is 14.1. The van der Waals surface area contributed by atoms with Crippen molar-refractivity contribution in [1.82, 2.24) is 4.90 Å². The maximum Gasteiger partial charge on any atom is 0.254 e. The van der Waals surface area contributed by atoms with Gasteiger partial charge in [0.25, 0.3) is 5.91 Å². The maximum atomic E-state index is 12.4. The smallest absolute Gasteiger partial charge is 0.254 e. The fourth-order valence-electron chi connectivity index (χ4n) is 2.73. The van der Waals surface area contributed by atoms with Crippen LogP contribution in [0.25, 0.3) is 0 Å². The van der Waals surface area contributed by atoms with Gasteiger partial charge in [0.1, 0.15) is 5.75 Å². The van der Waals surface area contributed by atoms with E-state index in [1.54, 1.807) is 17.0 Å². The van der Waals surface area contributed by atoms with Crippen molar-refractivity contribution in [3.05, 3.63) is 65.2 Å². The molecule has 2 atom stereocenters. The number of aliphatic hydroxyl groups is 1. The molecule has 0 saturated carbocycles. The molecule has 0 spiro atoms. The number of hydrogen-bond donors (Lipinski definition) is 2. The summed E-state index contributed by atoms with van der Waals surface area (Å²) >= 11 is 0. The van der Waals surface area contributed by atoms with Gasteiger partial charge in [-0.1, -0.05) is 30.3 Å². The Kier molecular flexibility index (Phi) is 3.39. The molecule has 1 aliphatic rings. The van der Waals surface area contributed by atoms with Crippen LogP contribution in [0.5, 0.6) is 5.75 Å². The molecule has 0 aliphatic carbocycles. The van der Waals surface area contributed by atoms with Gasteiger partial charge >= 0.3 is 0 Å². The summed E-state index contributed by atoms with van der Waals surface area (Å²) in [5.41, 5.74) is 2.39. The second-order valence-corrected chi connectivity index (χ2v) is 5.37. The van der Waals surface area contributed by atoms with Gasteiger partial charge in [-0.2, -0.15) is 0 Å². The van der Waals surface area contributed by atoms with Gasteiger partial charge in [0, 0.05) is 12.1 Å². The number of rotatable bonds is 3. The summed E-state index contributed by atoms with van der Waals surface area (Å²) < 4.78 is 0. The number of phenols is 1. The van der Waals surface area contributed by atoms with E-state index < -0.39 is 6.10 Å². The van der Waals surface area contributed by atoms with Crippen molar-refractivity contribution >= 4 is 5.91 Å². The standard InChI is InChI=1S/C17H17NO3/c1-11(16(20)12-6-8-14(19)9-7-12)18-10-13-4-2-3-5-15(13)17(18)21/h2-9,11,16,19-20H,10H2,1H3. The van der Waals surface area contributed by atoms with E-state index in [4.69, 9.17) is 0 Å². The van der Waals surface area contributed by atoms with E-state index in [-0.39, 0.29) is 17.7 Å². The van der Waals surface area contributed by atoms with Crippen molar-refractivity contribution in [2.75, 3.05) is 0 Å². The number of carbonyl (C=O) groups is 1. The van der Waals surface area contributed by atoms with Crippen LogP contribution in [0.4, 0.5) is 0 Å². The number of hydrogen-bond acceptors (Lipinski definition) is 3. The highest BCUT2D eigenvalue weighted by atomic mass is 16.3. The van der Waals surface area contributed by atoms with Crippen LogP contribution in [0.3, 0.4) is 0 Å². The monoisotopic (exact) mass is 283 g/mol. The fraction of sp³-hybridized carbons (Fsp3) is 0.235. The zero-order valence-electron chi connectivity index (χ0n) is 11.7. The maximum absolute atomic E-state index is 12.4. The average molecular weight is 283 g/mol. The van der Waals surface area contributed by atoms with Crippen molar-refractivity contribution < 1.29 is 15.0 Å². The molecule has 108 valence electrons. The van der Waals surface area contributed by atoms with E-state index in [2.05, 4.69) is 0 Å². The highest BCUT2D eigenvalue weighted by molar-refractivity contribution is 5.98. The largest absolute Gasteiger partial charge is 0.508 e. The van der Waals surface area contributed by atoms with Crippen LogP contribution in [0.15, 0.2) is 48.5 Å². The number of benzene rings is 2. The summed E-state index contributed by atoms with van der Waals surface area (Å²) in [7, 11) is 0. The average Bonchev–Trinajstić information content (AvgIpc) is 2.84. The molecule has 1 aliphatic heterocycles. The summed E-state index contributed by atoms with van der Waals surface area (Å²) in [5, 5.41) is 19.8. The van der Waals surface area contributed by atoms with Gasteiger partial charge in [-0.15, -0.1) is 0 Å². The lowest BCUT2D eigenvalue weighted by Gasteiger charge is -2.29. The van der Waals surface area contributed by atoms with Gasteiger partial charge in [0.05, 0.1) is 12.1 Å². The number of nitrogens with zero attached hydrogens (tertiary/aromatic N) is 1. The molecule has 0 fully saturated rings. The molecule has 0 bridgehead atoms. The molecule has 2 aromatic rings. The topological polar surface area (TPSA) is 60.8 Å². The SMILES string of the molecule is CC(C(O)c1ccc(O)cc1)N1Cc2ccccc2C1=O. The van der Waals surface area contributed by atoms with E-state index >= 15 is 0 Å². The summed E-state index contributed by atoms with van der Waals surface area (Å²) in [6, 6.07) is 13.6. The highest BCUT2D eigenvalue weighted by Crippen LogP contribution is 2.30. The molecule has 0 aromatic heterocycles. The van der Waals surface area contributed by atoms with Crippen LogP contribution in [0.2, 0.25) is 0 Å². The molecule has 21 heavy (non-hydrogen) atoms. The molecule has 4 heteroatoms. The first-order chi connectivity index (χ1) is 10.1. The molecule has 2 unspecified atom stereocenters. The lowest BCUT2D eigenvalue weighted by molar-refractivity contribution is 0.0422. The minimum Gasteiger partial charge on any atom is -0.508 e. The quantitative estimate of drug-likeness (QED) is 0.909. The second-order valence-electron chi connectivity index (χ2n) is 5.37. The van der Waals surface area contributed by atoms with Crippen LogP contribution in [0, 0.1) is 0 Å². The Labute approximate surface area is 123 Å². The van der Waals surface area contributed by atoms with Crippen molar-refractivity contribution in [1.29, 1.82) is 0 Å². The van der Waals surface area contributed by atoms with Crippen molar-refractivity contribution in [3.63, 3.8) is 0 Å². The van der Waals surface area contributed by atoms with E-state index in [9.17, 15) is 15.0 Å². The predicted molar refractivity (Wildman–Crippen MR) is 78.8 cm³/mol. The van der Waals surface area contributed by atoms with E-state index in [0.29, 0.717) is 17.7 Å². The summed E-state index contributed by atoms with van der Waals surface area (Å²) in [6.07, 6.45) is -0.788. The van der Waals surface area contributed by atoms with Crippen molar-refractivity contribution in [2.24, 2.45) is 0 Å². The van der Waals surface area contributed by atoms with E-state index in [1.807, 2.05) is 31.2 Å². The van der Waals surface area contributed by atoms with Crippen LogP contribution in [-0.4, -0.2) is 27.1 Å².